The monoisotopic (exact) mass is 277 g/mol. The maximum atomic E-state index is 5.35. The van der Waals surface area contributed by atoms with Gasteiger partial charge < -0.3 is 9.47 Å². The normalized spacial score (nSPS) is 11.9. The molecule has 1 rings (SSSR count). The number of aryl methyl sites for hydroxylation is 1. The van der Waals surface area contributed by atoms with Gasteiger partial charge in [-0.2, -0.15) is 0 Å². The first kappa shape index (κ1) is 16.5. The van der Waals surface area contributed by atoms with Crippen LogP contribution in [-0.2, 0) is 0 Å². The topological polar surface area (TPSA) is 30.8 Å². The van der Waals surface area contributed by atoms with Crippen molar-refractivity contribution >= 4 is 6.21 Å². The lowest BCUT2D eigenvalue weighted by Gasteiger charge is -2.20. The van der Waals surface area contributed by atoms with Crippen LogP contribution in [0.5, 0.6) is 11.5 Å². The number of aliphatic imine (C=N–C) groups is 1. The van der Waals surface area contributed by atoms with Crippen molar-refractivity contribution in [3.63, 3.8) is 0 Å². The molecule has 0 aliphatic rings. The predicted molar refractivity (Wildman–Crippen MR) is 85.3 cm³/mol. The summed E-state index contributed by atoms with van der Waals surface area (Å²) in [7, 11) is 3.30. The predicted octanol–water partition coefficient (Wildman–Crippen LogP) is 4.11. The first-order valence-electron chi connectivity index (χ1n) is 7.16. The van der Waals surface area contributed by atoms with Crippen LogP contribution >= 0.6 is 0 Å². The van der Waals surface area contributed by atoms with Crippen LogP contribution in [0, 0.1) is 18.8 Å². The molecule has 0 aromatic heterocycles. The second-order valence-electron chi connectivity index (χ2n) is 5.82. The fraction of sp³-hybridized carbons (Fsp3) is 0.588. The molecule has 0 heterocycles. The molecule has 0 atom stereocenters. The molecule has 0 amide bonds. The lowest BCUT2D eigenvalue weighted by Crippen LogP contribution is -2.20. The third kappa shape index (κ3) is 3.99. The van der Waals surface area contributed by atoms with Crippen LogP contribution in [0.2, 0.25) is 0 Å². The minimum atomic E-state index is 0.336. The number of ether oxygens (including phenoxy) is 2. The number of methoxy groups -OCH3 is 2. The Bertz CT molecular complexity index is 456. The molecule has 3 nitrogen and oxygen atoms in total. The second kappa shape index (κ2) is 7.32. The van der Waals surface area contributed by atoms with Crippen LogP contribution in [0.15, 0.2) is 17.1 Å². The van der Waals surface area contributed by atoms with Gasteiger partial charge in [-0.1, -0.05) is 27.7 Å². The molecule has 0 aliphatic heterocycles. The smallest absolute Gasteiger partial charge is 0.161 e. The van der Waals surface area contributed by atoms with Crippen LogP contribution in [0.25, 0.3) is 0 Å². The van der Waals surface area contributed by atoms with Crippen LogP contribution in [0.4, 0.5) is 0 Å². The summed E-state index contributed by atoms with van der Waals surface area (Å²) < 4.78 is 10.7. The highest BCUT2D eigenvalue weighted by atomic mass is 16.5. The molecular formula is C17H27NO2. The Morgan fingerprint density at radius 1 is 0.950 bits per heavy atom. The summed E-state index contributed by atoms with van der Waals surface area (Å²) in [4.78, 5) is 4.76. The van der Waals surface area contributed by atoms with E-state index >= 15 is 0 Å². The van der Waals surface area contributed by atoms with E-state index in [1.165, 1.54) is 0 Å². The lowest BCUT2D eigenvalue weighted by molar-refractivity contribution is 0.354. The van der Waals surface area contributed by atoms with Crippen LogP contribution in [0.1, 0.15) is 38.8 Å². The van der Waals surface area contributed by atoms with Gasteiger partial charge in [0.2, 0.25) is 0 Å². The van der Waals surface area contributed by atoms with Gasteiger partial charge in [-0.05, 0) is 42.0 Å². The Kier molecular flexibility index (Phi) is 6.05. The molecule has 0 spiro atoms. The van der Waals surface area contributed by atoms with Gasteiger partial charge in [0.15, 0.2) is 11.5 Å². The van der Waals surface area contributed by atoms with Crippen molar-refractivity contribution in [2.75, 3.05) is 14.2 Å². The summed E-state index contributed by atoms with van der Waals surface area (Å²) in [5.41, 5.74) is 2.21. The number of nitrogens with zero attached hydrogens (tertiary/aromatic N) is 1. The van der Waals surface area contributed by atoms with Crippen molar-refractivity contribution in [3.05, 3.63) is 23.3 Å². The third-order valence-corrected chi connectivity index (χ3v) is 3.52. The largest absolute Gasteiger partial charge is 0.493 e. The number of rotatable bonds is 6. The summed E-state index contributed by atoms with van der Waals surface area (Å²) in [6.07, 6.45) is 1.96. The fourth-order valence-corrected chi connectivity index (χ4v) is 2.42. The highest BCUT2D eigenvalue weighted by Gasteiger charge is 2.15. The third-order valence-electron chi connectivity index (χ3n) is 3.52. The van der Waals surface area contributed by atoms with Gasteiger partial charge in [0.1, 0.15) is 0 Å². The molecule has 0 saturated heterocycles. The Hall–Kier alpha value is -1.51. The minimum absolute atomic E-state index is 0.336. The van der Waals surface area contributed by atoms with E-state index in [0.717, 1.165) is 22.6 Å². The zero-order chi connectivity index (χ0) is 15.3. The van der Waals surface area contributed by atoms with Crippen molar-refractivity contribution < 1.29 is 9.47 Å². The van der Waals surface area contributed by atoms with E-state index in [0.29, 0.717) is 17.9 Å². The van der Waals surface area contributed by atoms with Gasteiger partial charge >= 0.3 is 0 Å². The Morgan fingerprint density at radius 2 is 1.45 bits per heavy atom. The average Bonchev–Trinajstić information content (AvgIpc) is 2.39. The summed E-state index contributed by atoms with van der Waals surface area (Å²) >= 11 is 0. The molecule has 20 heavy (non-hydrogen) atoms. The molecule has 3 heteroatoms. The van der Waals surface area contributed by atoms with Gasteiger partial charge in [0.25, 0.3) is 0 Å². The summed E-state index contributed by atoms with van der Waals surface area (Å²) in [6, 6.07) is 4.30. The summed E-state index contributed by atoms with van der Waals surface area (Å²) in [6.45, 7) is 10.9. The van der Waals surface area contributed by atoms with Crippen LogP contribution < -0.4 is 9.47 Å². The Balaban J connectivity index is 3.08. The van der Waals surface area contributed by atoms with Crippen LogP contribution in [0.3, 0.4) is 0 Å². The molecule has 0 unspecified atom stereocenters. The number of hydrogen-bond acceptors (Lipinski definition) is 3. The van der Waals surface area contributed by atoms with Crippen molar-refractivity contribution in [1.82, 2.24) is 0 Å². The van der Waals surface area contributed by atoms with E-state index in [-0.39, 0.29) is 0 Å². The van der Waals surface area contributed by atoms with E-state index in [9.17, 15) is 0 Å². The quantitative estimate of drug-likeness (QED) is 0.733. The zero-order valence-electron chi connectivity index (χ0n) is 13.7. The fourth-order valence-electron chi connectivity index (χ4n) is 2.42. The van der Waals surface area contributed by atoms with E-state index in [1.807, 2.05) is 18.3 Å². The first-order valence-corrected chi connectivity index (χ1v) is 7.16. The maximum absolute atomic E-state index is 5.35. The maximum Gasteiger partial charge on any atom is 0.161 e. The lowest BCUT2D eigenvalue weighted by atomic mass is 9.94. The highest BCUT2D eigenvalue weighted by molar-refractivity contribution is 5.83. The van der Waals surface area contributed by atoms with Crippen LogP contribution in [-0.4, -0.2) is 26.5 Å². The summed E-state index contributed by atoms with van der Waals surface area (Å²) in [5.74, 6) is 2.56. The standard InChI is InChI=1S/C17H27NO2/c1-11(2)17(12(3)4)18-10-14-9-16(20-7)15(19-6)8-13(14)5/h8-12,17H,1-7H3. The van der Waals surface area contributed by atoms with Crippen molar-refractivity contribution in [3.8, 4) is 11.5 Å². The van der Waals surface area contributed by atoms with E-state index < -0.39 is 0 Å². The second-order valence-corrected chi connectivity index (χ2v) is 5.82. The number of benzene rings is 1. The van der Waals surface area contributed by atoms with Gasteiger partial charge in [-0.15, -0.1) is 0 Å². The number of hydrogen-bond donors (Lipinski definition) is 0. The van der Waals surface area contributed by atoms with Gasteiger partial charge in [-0.25, -0.2) is 0 Å². The summed E-state index contributed by atoms with van der Waals surface area (Å²) in [5, 5.41) is 0. The molecule has 1 aromatic rings. The zero-order valence-corrected chi connectivity index (χ0v) is 13.7. The molecule has 0 bridgehead atoms. The van der Waals surface area contributed by atoms with Crippen molar-refractivity contribution in [2.24, 2.45) is 16.8 Å². The molecular weight excluding hydrogens is 250 g/mol. The minimum Gasteiger partial charge on any atom is -0.493 e. The Morgan fingerprint density at radius 3 is 1.90 bits per heavy atom. The van der Waals surface area contributed by atoms with Gasteiger partial charge in [0.05, 0.1) is 20.3 Å². The average molecular weight is 277 g/mol. The first-order chi connectivity index (χ1) is 9.40. The molecule has 0 fully saturated rings. The van der Waals surface area contributed by atoms with Gasteiger partial charge in [0, 0.05) is 6.21 Å². The highest BCUT2D eigenvalue weighted by Crippen LogP contribution is 2.29. The van der Waals surface area contributed by atoms with E-state index in [1.54, 1.807) is 14.2 Å². The molecule has 0 saturated carbocycles. The van der Waals surface area contributed by atoms with Crippen molar-refractivity contribution in [1.29, 1.82) is 0 Å². The molecule has 0 N–H and O–H groups in total. The SMILES string of the molecule is COc1cc(C)c(C=NC(C(C)C)C(C)C)cc1OC. The Labute approximate surface area is 123 Å². The molecule has 0 aliphatic carbocycles. The van der Waals surface area contributed by atoms with Gasteiger partial charge in [-0.3, -0.25) is 4.99 Å². The molecule has 0 radical (unpaired) electrons. The van der Waals surface area contributed by atoms with E-state index in [2.05, 4.69) is 34.6 Å². The molecule has 1 aromatic carbocycles. The van der Waals surface area contributed by atoms with E-state index in [4.69, 9.17) is 14.5 Å². The van der Waals surface area contributed by atoms with Crippen molar-refractivity contribution in [2.45, 2.75) is 40.7 Å². The molecule has 112 valence electrons.